The smallest absolute Gasteiger partial charge is 0.171 e. The summed E-state index contributed by atoms with van der Waals surface area (Å²) < 4.78 is 0. The predicted octanol–water partition coefficient (Wildman–Crippen LogP) is 2.36. The van der Waals surface area contributed by atoms with Gasteiger partial charge < -0.3 is 15.7 Å². The first-order valence-corrected chi connectivity index (χ1v) is 6.23. The summed E-state index contributed by atoms with van der Waals surface area (Å²) in [5.41, 5.74) is 3.35. The van der Waals surface area contributed by atoms with Gasteiger partial charge in [-0.25, -0.2) is 0 Å². The van der Waals surface area contributed by atoms with Crippen molar-refractivity contribution < 1.29 is 5.11 Å². The first-order valence-electron chi connectivity index (χ1n) is 5.82. The molecule has 0 amide bonds. The summed E-state index contributed by atoms with van der Waals surface area (Å²) in [5.74, 6) is 0. The molecule has 0 spiro atoms. The Kier molecular flexibility index (Phi) is 5.38. The van der Waals surface area contributed by atoms with E-state index in [-0.39, 0.29) is 12.6 Å². The highest BCUT2D eigenvalue weighted by atomic mass is 32.1. The largest absolute Gasteiger partial charge is 0.394 e. The highest BCUT2D eigenvalue weighted by Gasteiger charge is 2.07. The van der Waals surface area contributed by atoms with Crippen molar-refractivity contribution in [2.75, 3.05) is 11.9 Å². The predicted molar refractivity (Wildman–Crippen MR) is 76.4 cm³/mol. The van der Waals surface area contributed by atoms with Crippen molar-refractivity contribution in [1.29, 1.82) is 0 Å². The highest BCUT2D eigenvalue weighted by Crippen LogP contribution is 2.16. The van der Waals surface area contributed by atoms with Crippen LogP contribution < -0.4 is 10.6 Å². The molecular weight excluding hydrogens is 232 g/mol. The molecule has 3 N–H and O–H groups in total. The van der Waals surface area contributed by atoms with Crippen LogP contribution in [0.1, 0.15) is 24.5 Å². The molecule has 0 saturated carbocycles. The second-order valence-corrected chi connectivity index (χ2v) is 4.61. The first kappa shape index (κ1) is 13.9. The number of rotatable bonds is 4. The lowest BCUT2D eigenvalue weighted by molar-refractivity contribution is 0.253. The number of benzene rings is 1. The first-order chi connectivity index (χ1) is 8.06. The van der Waals surface area contributed by atoms with E-state index < -0.39 is 0 Å². The molecule has 0 radical (unpaired) electrons. The third kappa shape index (κ3) is 4.32. The van der Waals surface area contributed by atoms with E-state index >= 15 is 0 Å². The third-order valence-electron chi connectivity index (χ3n) is 2.69. The van der Waals surface area contributed by atoms with E-state index in [4.69, 9.17) is 17.3 Å². The van der Waals surface area contributed by atoms with Crippen LogP contribution >= 0.6 is 12.2 Å². The highest BCUT2D eigenvalue weighted by molar-refractivity contribution is 7.80. The monoisotopic (exact) mass is 252 g/mol. The zero-order valence-corrected chi connectivity index (χ0v) is 11.4. The number of aliphatic hydroxyl groups is 1. The lowest BCUT2D eigenvalue weighted by Gasteiger charge is -2.18. The quantitative estimate of drug-likeness (QED) is 0.720. The van der Waals surface area contributed by atoms with Gasteiger partial charge in [0, 0.05) is 5.69 Å². The fraction of sp³-hybridized carbons (Fsp3) is 0.462. The summed E-state index contributed by atoms with van der Waals surface area (Å²) in [6, 6.07) is 6.20. The van der Waals surface area contributed by atoms with E-state index in [9.17, 15) is 0 Å². The van der Waals surface area contributed by atoms with Crippen molar-refractivity contribution in [3.63, 3.8) is 0 Å². The number of nitrogens with one attached hydrogen (secondary N) is 2. The van der Waals surface area contributed by atoms with Gasteiger partial charge in [-0.3, -0.25) is 0 Å². The summed E-state index contributed by atoms with van der Waals surface area (Å²) in [5, 5.41) is 15.9. The van der Waals surface area contributed by atoms with Crippen LogP contribution in [0.25, 0.3) is 0 Å². The fourth-order valence-electron chi connectivity index (χ4n) is 1.49. The molecule has 1 rings (SSSR count). The molecule has 3 nitrogen and oxygen atoms in total. The van der Waals surface area contributed by atoms with Crippen molar-refractivity contribution in [3.05, 3.63) is 29.3 Å². The molecule has 94 valence electrons. The van der Waals surface area contributed by atoms with Crippen molar-refractivity contribution in [3.8, 4) is 0 Å². The molecule has 1 aromatic rings. The lowest BCUT2D eigenvalue weighted by Crippen LogP contribution is -2.39. The molecule has 0 bridgehead atoms. The van der Waals surface area contributed by atoms with Gasteiger partial charge in [-0.2, -0.15) is 0 Å². The van der Waals surface area contributed by atoms with E-state index in [1.807, 2.05) is 20.8 Å². The van der Waals surface area contributed by atoms with Crippen LogP contribution in [0, 0.1) is 13.8 Å². The van der Waals surface area contributed by atoms with Gasteiger partial charge in [0.1, 0.15) is 0 Å². The van der Waals surface area contributed by atoms with Gasteiger partial charge in [-0.05, 0) is 49.7 Å². The second kappa shape index (κ2) is 6.57. The van der Waals surface area contributed by atoms with Crippen LogP contribution in [0.5, 0.6) is 0 Å². The van der Waals surface area contributed by atoms with E-state index in [0.29, 0.717) is 5.11 Å². The molecule has 0 aliphatic heterocycles. The molecule has 0 fully saturated rings. The molecule has 0 aliphatic rings. The molecule has 17 heavy (non-hydrogen) atoms. The molecule has 0 heterocycles. The summed E-state index contributed by atoms with van der Waals surface area (Å²) in [7, 11) is 0. The molecule has 4 heteroatoms. The average molecular weight is 252 g/mol. The standard InChI is InChI=1S/C13H20N2OS/c1-4-11(8-16)14-13(17)15-12-7-9(2)5-6-10(12)3/h5-7,11,16H,4,8H2,1-3H3,(H2,14,15,17)/t11-/m0/s1. The van der Waals surface area contributed by atoms with Crippen molar-refractivity contribution >= 4 is 23.0 Å². The SMILES string of the molecule is CC[C@@H](CO)NC(=S)Nc1cc(C)ccc1C. The van der Waals surface area contributed by atoms with Crippen molar-refractivity contribution in [1.82, 2.24) is 5.32 Å². The molecule has 0 aromatic heterocycles. The minimum Gasteiger partial charge on any atom is -0.394 e. The third-order valence-corrected chi connectivity index (χ3v) is 2.91. The number of hydrogen-bond donors (Lipinski definition) is 3. The van der Waals surface area contributed by atoms with Crippen molar-refractivity contribution in [2.24, 2.45) is 0 Å². The van der Waals surface area contributed by atoms with Gasteiger partial charge in [0.2, 0.25) is 0 Å². The van der Waals surface area contributed by atoms with Crippen molar-refractivity contribution in [2.45, 2.75) is 33.2 Å². The van der Waals surface area contributed by atoms with Gasteiger partial charge in [0.25, 0.3) is 0 Å². The van der Waals surface area contributed by atoms with E-state index in [2.05, 4.69) is 28.8 Å². The maximum absolute atomic E-state index is 9.09. The zero-order chi connectivity index (χ0) is 12.8. The number of aliphatic hydroxyl groups excluding tert-OH is 1. The average Bonchev–Trinajstić information content (AvgIpc) is 2.31. The lowest BCUT2D eigenvalue weighted by atomic mass is 10.1. The summed E-state index contributed by atoms with van der Waals surface area (Å²) in [4.78, 5) is 0. The Morgan fingerprint density at radius 3 is 2.71 bits per heavy atom. The zero-order valence-electron chi connectivity index (χ0n) is 10.6. The number of aryl methyl sites for hydroxylation is 2. The second-order valence-electron chi connectivity index (χ2n) is 4.20. The topological polar surface area (TPSA) is 44.3 Å². The van der Waals surface area contributed by atoms with E-state index in [1.54, 1.807) is 0 Å². The maximum atomic E-state index is 9.09. The Bertz CT molecular complexity index is 389. The Morgan fingerprint density at radius 1 is 1.41 bits per heavy atom. The minimum atomic E-state index is 0.0140. The van der Waals surface area contributed by atoms with Crippen LogP contribution in [0.2, 0.25) is 0 Å². The Balaban J connectivity index is 2.64. The van der Waals surface area contributed by atoms with Crippen LogP contribution in [-0.2, 0) is 0 Å². The molecular formula is C13H20N2OS. The molecule has 0 unspecified atom stereocenters. The van der Waals surface area contributed by atoms with Crippen LogP contribution in [0.3, 0.4) is 0 Å². The number of thiocarbonyl (C=S) groups is 1. The number of anilines is 1. The fourth-order valence-corrected chi connectivity index (χ4v) is 1.77. The molecule has 1 atom stereocenters. The van der Waals surface area contributed by atoms with Gasteiger partial charge in [0.15, 0.2) is 5.11 Å². The molecule has 0 aliphatic carbocycles. The van der Waals surface area contributed by atoms with Crippen LogP contribution in [0.15, 0.2) is 18.2 Å². The molecule has 0 saturated heterocycles. The summed E-state index contributed by atoms with van der Waals surface area (Å²) >= 11 is 5.21. The van der Waals surface area contributed by atoms with E-state index in [1.165, 1.54) is 5.56 Å². The number of hydrogen-bond acceptors (Lipinski definition) is 2. The van der Waals surface area contributed by atoms with Gasteiger partial charge in [-0.15, -0.1) is 0 Å². The normalized spacial score (nSPS) is 12.0. The van der Waals surface area contributed by atoms with E-state index in [0.717, 1.165) is 17.7 Å². The Hall–Kier alpha value is -1.13. The van der Waals surface area contributed by atoms with Crippen LogP contribution in [0.4, 0.5) is 5.69 Å². The Morgan fingerprint density at radius 2 is 2.12 bits per heavy atom. The van der Waals surface area contributed by atoms with Crippen LogP contribution in [-0.4, -0.2) is 22.9 Å². The minimum absolute atomic E-state index is 0.0140. The van der Waals surface area contributed by atoms with Gasteiger partial charge in [0.05, 0.1) is 12.6 Å². The molecule has 1 aromatic carbocycles. The summed E-state index contributed by atoms with van der Waals surface area (Å²) in [6.45, 7) is 6.18. The maximum Gasteiger partial charge on any atom is 0.171 e. The Labute approximate surface area is 108 Å². The van der Waals surface area contributed by atoms with Gasteiger partial charge >= 0.3 is 0 Å². The summed E-state index contributed by atoms with van der Waals surface area (Å²) in [6.07, 6.45) is 0.838. The van der Waals surface area contributed by atoms with Gasteiger partial charge in [-0.1, -0.05) is 19.1 Å².